The molecule has 0 spiro atoms. The zero-order chi connectivity index (χ0) is 10.2. The Morgan fingerprint density at radius 3 is 3.07 bits per heavy atom. The van der Waals surface area contributed by atoms with Crippen molar-refractivity contribution in [2.45, 2.75) is 31.7 Å². The van der Waals surface area contributed by atoms with Gasteiger partial charge in [0.2, 0.25) is 0 Å². The third-order valence-electron chi connectivity index (χ3n) is 2.50. The second-order valence-corrected chi connectivity index (χ2v) is 4.76. The first kappa shape index (κ1) is 12.1. The molecule has 1 saturated heterocycles. The van der Waals surface area contributed by atoms with Crippen LogP contribution in [0, 0.1) is 0 Å². The molecule has 0 aromatic rings. The summed E-state index contributed by atoms with van der Waals surface area (Å²) in [7, 11) is 0. The Bertz CT molecular complexity index is 170. The largest absolute Gasteiger partial charge is 0.317 e. The van der Waals surface area contributed by atoms with Gasteiger partial charge in [-0.1, -0.05) is 0 Å². The van der Waals surface area contributed by atoms with Crippen molar-refractivity contribution in [1.29, 1.82) is 0 Å². The molecule has 0 saturated carbocycles. The molecule has 1 fully saturated rings. The number of hydrogen-bond donors (Lipinski definition) is 3. The molecular weight excluding hydrogens is 200 g/mol. The summed E-state index contributed by atoms with van der Waals surface area (Å²) in [6.45, 7) is 3.07. The smallest absolute Gasteiger partial charge is 0.152 e. The molecule has 0 amide bonds. The van der Waals surface area contributed by atoms with Crippen molar-refractivity contribution in [3.63, 3.8) is 0 Å². The maximum Gasteiger partial charge on any atom is 0.152 e. The van der Waals surface area contributed by atoms with Crippen LogP contribution < -0.4 is 10.6 Å². The normalized spacial score (nSPS) is 25.6. The van der Waals surface area contributed by atoms with Gasteiger partial charge in [-0.25, -0.2) is 4.21 Å². The van der Waals surface area contributed by atoms with Crippen LogP contribution in [0.2, 0.25) is 0 Å². The molecular formula is C9H20N2O2S. The van der Waals surface area contributed by atoms with Gasteiger partial charge in [-0.2, -0.15) is 0 Å². The standard InChI is InChI=1S/C9H20N2O2S/c12-14(13)8-2-6-11-9-3-1-5-10-7-4-9/h9-11H,1-8H2,(H,12,13). The minimum atomic E-state index is -1.63. The molecule has 1 rings (SSSR count). The molecule has 0 aromatic heterocycles. The van der Waals surface area contributed by atoms with E-state index in [9.17, 15) is 4.21 Å². The van der Waals surface area contributed by atoms with Crippen LogP contribution in [0.5, 0.6) is 0 Å². The molecule has 14 heavy (non-hydrogen) atoms. The zero-order valence-corrected chi connectivity index (χ0v) is 9.31. The molecule has 3 N–H and O–H groups in total. The summed E-state index contributed by atoms with van der Waals surface area (Å²) in [5, 5.41) is 6.79. The Morgan fingerprint density at radius 1 is 1.43 bits per heavy atom. The molecule has 84 valence electrons. The van der Waals surface area contributed by atoms with Gasteiger partial charge in [0.25, 0.3) is 0 Å². The number of hydrogen-bond acceptors (Lipinski definition) is 3. The van der Waals surface area contributed by atoms with Gasteiger partial charge >= 0.3 is 0 Å². The SMILES string of the molecule is O=S(O)CCCNC1CCCNCC1. The lowest BCUT2D eigenvalue weighted by Crippen LogP contribution is -2.31. The van der Waals surface area contributed by atoms with Gasteiger partial charge in [0, 0.05) is 6.04 Å². The van der Waals surface area contributed by atoms with Gasteiger partial charge in [0.1, 0.15) is 0 Å². The molecule has 1 aliphatic rings. The number of rotatable bonds is 5. The monoisotopic (exact) mass is 220 g/mol. The Labute approximate surface area is 88.1 Å². The van der Waals surface area contributed by atoms with Crippen molar-refractivity contribution in [3.05, 3.63) is 0 Å². The Morgan fingerprint density at radius 2 is 2.29 bits per heavy atom. The quantitative estimate of drug-likeness (QED) is 0.461. The third-order valence-corrected chi connectivity index (χ3v) is 3.14. The highest BCUT2D eigenvalue weighted by Gasteiger charge is 2.10. The van der Waals surface area contributed by atoms with Crippen molar-refractivity contribution >= 4 is 11.1 Å². The molecule has 5 heteroatoms. The first-order chi connectivity index (χ1) is 6.79. The first-order valence-corrected chi connectivity index (χ1v) is 6.58. The fourth-order valence-corrected chi connectivity index (χ4v) is 2.12. The predicted molar refractivity (Wildman–Crippen MR) is 58.8 cm³/mol. The van der Waals surface area contributed by atoms with E-state index in [0.29, 0.717) is 11.8 Å². The maximum absolute atomic E-state index is 10.4. The zero-order valence-electron chi connectivity index (χ0n) is 8.50. The van der Waals surface area contributed by atoms with Gasteiger partial charge in [-0.3, -0.25) is 0 Å². The highest BCUT2D eigenvalue weighted by molar-refractivity contribution is 7.79. The van der Waals surface area contributed by atoms with E-state index in [-0.39, 0.29) is 0 Å². The van der Waals surface area contributed by atoms with Crippen molar-refractivity contribution in [2.24, 2.45) is 0 Å². The highest BCUT2D eigenvalue weighted by Crippen LogP contribution is 2.04. The van der Waals surface area contributed by atoms with E-state index in [2.05, 4.69) is 10.6 Å². The van der Waals surface area contributed by atoms with Crippen molar-refractivity contribution < 1.29 is 8.76 Å². The van der Waals surface area contributed by atoms with E-state index in [4.69, 9.17) is 4.55 Å². The summed E-state index contributed by atoms with van der Waals surface area (Å²) in [6.07, 6.45) is 4.40. The molecule has 0 aliphatic carbocycles. The van der Waals surface area contributed by atoms with Crippen LogP contribution in [-0.2, 0) is 11.1 Å². The lowest BCUT2D eigenvalue weighted by atomic mass is 10.1. The van der Waals surface area contributed by atoms with E-state index < -0.39 is 11.1 Å². The Kier molecular flexibility index (Phi) is 6.34. The Hall–Kier alpha value is 0.0300. The van der Waals surface area contributed by atoms with Crippen LogP contribution in [-0.4, -0.2) is 40.2 Å². The van der Waals surface area contributed by atoms with Gasteiger partial charge in [0.15, 0.2) is 11.1 Å². The van der Waals surface area contributed by atoms with Crippen LogP contribution in [0.3, 0.4) is 0 Å². The van der Waals surface area contributed by atoms with E-state index in [0.717, 1.165) is 26.1 Å². The average molecular weight is 220 g/mol. The molecule has 0 aromatic carbocycles. The molecule has 0 bridgehead atoms. The van der Waals surface area contributed by atoms with E-state index in [1.54, 1.807) is 0 Å². The van der Waals surface area contributed by atoms with Crippen LogP contribution in [0.1, 0.15) is 25.7 Å². The van der Waals surface area contributed by atoms with E-state index in [1.165, 1.54) is 19.3 Å². The second-order valence-electron chi connectivity index (χ2n) is 3.71. The van der Waals surface area contributed by atoms with Gasteiger partial charge in [-0.05, 0) is 45.3 Å². The summed E-state index contributed by atoms with van der Waals surface area (Å²) in [5.74, 6) is 0.387. The molecule has 4 nitrogen and oxygen atoms in total. The van der Waals surface area contributed by atoms with Crippen LogP contribution in [0.15, 0.2) is 0 Å². The number of nitrogens with one attached hydrogen (secondary N) is 2. The summed E-state index contributed by atoms with van der Waals surface area (Å²) in [4.78, 5) is 0. The molecule has 0 radical (unpaired) electrons. The van der Waals surface area contributed by atoms with Crippen LogP contribution in [0.25, 0.3) is 0 Å². The molecule has 1 aliphatic heterocycles. The van der Waals surface area contributed by atoms with Crippen LogP contribution >= 0.6 is 0 Å². The summed E-state index contributed by atoms with van der Waals surface area (Å²) in [6, 6.07) is 0.595. The Balaban J connectivity index is 2.01. The fraction of sp³-hybridized carbons (Fsp3) is 1.00. The topological polar surface area (TPSA) is 61.4 Å². The highest BCUT2D eigenvalue weighted by atomic mass is 32.2. The van der Waals surface area contributed by atoms with E-state index in [1.807, 2.05) is 0 Å². The summed E-state index contributed by atoms with van der Waals surface area (Å²) in [5.41, 5.74) is 0. The molecule has 1 heterocycles. The summed E-state index contributed by atoms with van der Waals surface area (Å²) >= 11 is -1.63. The van der Waals surface area contributed by atoms with Crippen molar-refractivity contribution in [2.75, 3.05) is 25.4 Å². The van der Waals surface area contributed by atoms with Crippen molar-refractivity contribution in [3.8, 4) is 0 Å². The molecule has 2 atom stereocenters. The minimum absolute atomic E-state index is 0.387. The first-order valence-electron chi connectivity index (χ1n) is 5.30. The van der Waals surface area contributed by atoms with Crippen LogP contribution in [0.4, 0.5) is 0 Å². The second kappa shape index (κ2) is 7.34. The lowest BCUT2D eigenvalue weighted by molar-refractivity contribution is 0.468. The summed E-state index contributed by atoms with van der Waals surface area (Å²) < 4.78 is 18.9. The van der Waals surface area contributed by atoms with E-state index >= 15 is 0 Å². The van der Waals surface area contributed by atoms with Gasteiger partial charge in [-0.15, -0.1) is 0 Å². The van der Waals surface area contributed by atoms with Gasteiger partial charge < -0.3 is 15.2 Å². The average Bonchev–Trinajstić information content (AvgIpc) is 2.40. The third kappa shape index (κ3) is 5.70. The minimum Gasteiger partial charge on any atom is -0.317 e. The van der Waals surface area contributed by atoms with Crippen molar-refractivity contribution in [1.82, 2.24) is 10.6 Å². The maximum atomic E-state index is 10.4. The fourth-order valence-electron chi connectivity index (χ4n) is 1.73. The van der Waals surface area contributed by atoms with Gasteiger partial charge in [0.05, 0.1) is 5.75 Å². The lowest BCUT2D eigenvalue weighted by Gasteiger charge is -2.15. The predicted octanol–water partition coefficient (Wildman–Crippen LogP) is 0.330. The molecule has 2 unspecified atom stereocenters.